The molecule has 5 heteroatoms. The number of hydrogen-bond acceptors (Lipinski definition) is 3. The topological polar surface area (TPSA) is 51.2 Å². The first-order valence-electron chi connectivity index (χ1n) is 5.24. The van der Waals surface area contributed by atoms with Crippen molar-refractivity contribution in [1.82, 2.24) is 10.3 Å². The predicted molar refractivity (Wildman–Crippen MR) is 65.3 cm³/mol. The summed E-state index contributed by atoms with van der Waals surface area (Å²) in [4.78, 5) is 15.3. The molecule has 0 aromatic carbocycles. The average Bonchev–Trinajstić information content (AvgIpc) is 2.28. The Bertz CT molecular complexity index is 345. The number of amides is 1. The number of pyridine rings is 1. The van der Waals surface area contributed by atoms with E-state index in [4.69, 9.17) is 4.74 Å². The molecular formula is C11H15BrN2O2. The second-order valence-electron chi connectivity index (χ2n) is 3.28. The van der Waals surface area contributed by atoms with Crippen molar-refractivity contribution < 1.29 is 9.53 Å². The fraction of sp³-hybridized carbons (Fsp3) is 0.455. The summed E-state index contributed by atoms with van der Waals surface area (Å²) in [7, 11) is 0. The van der Waals surface area contributed by atoms with E-state index in [2.05, 4.69) is 33.2 Å². The zero-order valence-electron chi connectivity index (χ0n) is 9.20. The molecule has 0 aliphatic heterocycles. The first-order valence-corrected chi connectivity index (χ1v) is 6.03. The molecular weight excluding hydrogens is 272 g/mol. The summed E-state index contributed by atoms with van der Waals surface area (Å²) >= 11 is 3.24. The van der Waals surface area contributed by atoms with E-state index < -0.39 is 0 Å². The standard InChI is InChI=1S/C11H15BrN2O2/c1-2-3-6-13-10(15)8-16-9-5-4-7-14-11(9)12/h4-5,7H,2-3,6,8H2,1H3,(H,13,15). The summed E-state index contributed by atoms with van der Waals surface area (Å²) in [6.07, 6.45) is 3.70. The molecule has 0 spiro atoms. The number of aromatic nitrogens is 1. The lowest BCUT2D eigenvalue weighted by Crippen LogP contribution is -2.29. The second kappa shape index (κ2) is 7.22. The number of carbonyl (C=O) groups excluding carboxylic acids is 1. The number of hydrogen-bond donors (Lipinski definition) is 1. The summed E-state index contributed by atoms with van der Waals surface area (Å²) in [6, 6.07) is 3.52. The van der Waals surface area contributed by atoms with Crippen LogP contribution in [0.1, 0.15) is 19.8 Å². The highest BCUT2D eigenvalue weighted by molar-refractivity contribution is 9.10. The van der Waals surface area contributed by atoms with E-state index in [-0.39, 0.29) is 12.5 Å². The van der Waals surface area contributed by atoms with E-state index in [0.29, 0.717) is 16.9 Å². The molecule has 0 saturated carbocycles. The molecule has 0 aliphatic carbocycles. The molecule has 0 aliphatic rings. The van der Waals surface area contributed by atoms with Gasteiger partial charge in [0.25, 0.3) is 5.91 Å². The highest BCUT2D eigenvalue weighted by Gasteiger charge is 2.04. The van der Waals surface area contributed by atoms with Gasteiger partial charge in [0.15, 0.2) is 12.4 Å². The van der Waals surface area contributed by atoms with Crippen LogP contribution in [0.3, 0.4) is 0 Å². The number of nitrogens with one attached hydrogen (secondary N) is 1. The zero-order valence-corrected chi connectivity index (χ0v) is 10.8. The van der Waals surface area contributed by atoms with Crippen molar-refractivity contribution >= 4 is 21.8 Å². The number of carbonyl (C=O) groups is 1. The first-order chi connectivity index (χ1) is 7.74. The van der Waals surface area contributed by atoms with Crippen molar-refractivity contribution in [3.05, 3.63) is 22.9 Å². The summed E-state index contributed by atoms with van der Waals surface area (Å²) in [6.45, 7) is 2.80. The van der Waals surface area contributed by atoms with E-state index in [0.717, 1.165) is 12.8 Å². The molecule has 0 unspecified atom stereocenters. The molecule has 0 radical (unpaired) electrons. The van der Waals surface area contributed by atoms with Crippen molar-refractivity contribution in [2.45, 2.75) is 19.8 Å². The highest BCUT2D eigenvalue weighted by atomic mass is 79.9. The van der Waals surface area contributed by atoms with Crippen molar-refractivity contribution in [3.63, 3.8) is 0 Å². The van der Waals surface area contributed by atoms with E-state index in [9.17, 15) is 4.79 Å². The van der Waals surface area contributed by atoms with E-state index in [1.54, 1.807) is 18.3 Å². The Morgan fingerprint density at radius 3 is 3.12 bits per heavy atom. The van der Waals surface area contributed by atoms with E-state index in [1.165, 1.54) is 0 Å². The Balaban J connectivity index is 2.29. The molecule has 1 aromatic rings. The van der Waals surface area contributed by atoms with Gasteiger partial charge in [-0.15, -0.1) is 0 Å². The van der Waals surface area contributed by atoms with Gasteiger partial charge in [-0.3, -0.25) is 4.79 Å². The van der Waals surface area contributed by atoms with Crippen LogP contribution in [0.15, 0.2) is 22.9 Å². The van der Waals surface area contributed by atoms with E-state index in [1.807, 2.05) is 0 Å². The van der Waals surface area contributed by atoms with Gasteiger partial charge in [-0.1, -0.05) is 13.3 Å². The predicted octanol–water partition coefficient (Wildman–Crippen LogP) is 2.14. The van der Waals surface area contributed by atoms with Gasteiger partial charge in [-0.2, -0.15) is 0 Å². The van der Waals surface area contributed by atoms with Crippen molar-refractivity contribution in [2.24, 2.45) is 0 Å². The van der Waals surface area contributed by atoms with Gasteiger partial charge in [0, 0.05) is 12.7 Å². The lowest BCUT2D eigenvalue weighted by atomic mass is 10.3. The van der Waals surface area contributed by atoms with Crippen LogP contribution in [0.4, 0.5) is 0 Å². The maximum atomic E-state index is 11.3. The number of halogens is 1. The van der Waals surface area contributed by atoms with Gasteiger partial charge in [0.05, 0.1) is 0 Å². The third-order valence-corrected chi connectivity index (χ3v) is 2.53. The number of unbranched alkanes of at least 4 members (excludes halogenated alkanes) is 1. The van der Waals surface area contributed by atoms with Crippen LogP contribution in [-0.2, 0) is 4.79 Å². The van der Waals surface area contributed by atoms with Crippen molar-refractivity contribution in [2.75, 3.05) is 13.2 Å². The Morgan fingerprint density at radius 2 is 2.44 bits per heavy atom. The number of nitrogens with zero attached hydrogens (tertiary/aromatic N) is 1. The van der Waals surface area contributed by atoms with Crippen LogP contribution in [0, 0.1) is 0 Å². The highest BCUT2D eigenvalue weighted by Crippen LogP contribution is 2.20. The summed E-state index contributed by atoms with van der Waals surface area (Å²) in [5, 5.41) is 2.77. The van der Waals surface area contributed by atoms with E-state index >= 15 is 0 Å². The number of rotatable bonds is 6. The molecule has 0 saturated heterocycles. The normalized spacial score (nSPS) is 9.88. The van der Waals surface area contributed by atoms with Crippen LogP contribution in [0.2, 0.25) is 0 Å². The Morgan fingerprint density at radius 1 is 1.62 bits per heavy atom. The lowest BCUT2D eigenvalue weighted by Gasteiger charge is -2.07. The van der Waals surface area contributed by atoms with Crippen LogP contribution >= 0.6 is 15.9 Å². The van der Waals surface area contributed by atoms with Gasteiger partial charge in [-0.25, -0.2) is 4.98 Å². The quantitative estimate of drug-likeness (QED) is 0.644. The summed E-state index contributed by atoms with van der Waals surface area (Å²) in [5.41, 5.74) is 0. The largest absolute Gasteiger partial charge is 0.481 e. The lowest BCUT2D eigenvalue weighted by molar-refractivity contribution is -0.123. The minimum atomic E-state index is -0.107. The minimum absolute atomic E-state index is 0.0218. The molecule has 1 heterocycles. The van der Waals surface area contributed by atoms with Crippen LogP contribution in [0.25, 0.3) is 0 Å². The molecule has 0 fully saturated rings. The molecule has 0 atom stereocenters. The maximum absolute atomic E-state index is 11.3. The number of ether oxygens (including phenoxy) is 1. The molecule has 1 rings (SSSR count). The Labute approximate surface area is 104 Å². The fourth-order valence-corrected chi connectivity index (χ4v) is 1.44. The van der Waals surface area contributed by atoms with Gasteiger partial charge in [-0.05, 0) is 34.5 Å². The molecule has 0 bridgehead atoms. The molecule has 16 heavy (non-hydrogen) atoms. The smallest absolute Gasteiger partial charge is 0.257 e. The van der Waals surface area contributed by atoms with Crippen molar-refractivity contribution in [3.8, 4) is 5.75 Å². The third kappa shape index (κ3) is 4.61. The van der Waals surface area contributed by atoms with Crippen LogP contribution in [0.5, 0.6) is 5.75 Å². The first kappa shape index (κ1) is 13.0. The monoisotopic (exact) mass is 286 g/mol. The molecule has 88 valence electrons. The average molecular weight is 287 g/mol. The van der Waals surface area contributed by atoms with Gasteiger partial charge < -0.3 is 10.1 Å². The van der Waals surface area contributed by atoms with Gasteiger partial charge in [0.1, 0.15) is 4.60 Å². The van der Waals surface area contributed by atoms with Crippen LogP contribution in [-0.4, -0.2) is 24.0 Å². The molecule has 1 amide bonds. The molecule has 4 nitrogen and oxygen atoms in total. The maximum Gasteiger partial charge on any atom is 0.257 e. The van der Waals surface area contributed by atoms with Gasteiger partial charge in [0.2, 0.25) is 0 Å². The Hall–Kier alpha value is -1.10. The zero-order chi connectivity index (χ0) is 11.8. The summed E-state index contributed by atoms with van der Waals surface area (Å²) in [5.74, 6) is 0.470. The van der Waals surface area contributed by atoms with Gasteiger partial charge >= 0.3 is 0 Å². The van der Waals surface area contributed by atoms with Crippen LogP contribution < -0.4 is 10.1 Å². The summed E-state index contributed by atoms with van der Waals surface area (Å²) < 4.78 is 5.92. The molecule has 1 N–H and O–H groups in total. The fourth-order valence-electron chi connectivity index (χ4n) is 1.08. The van der Waals surface area contributed by atoms with Crippen molar-refractivity contribution in [1.29, 1.82) is 0 Å². The third-order valence-electron chi connectivity index (χ3n) is 1.94. The molecule has 1 aromatic heterocycles. The minimum Gasteiger partial charge on any atom is -0.481 e. The second-order valence-corrected chi connectivity index (χ2v) is 4.04. The Kier molecular flexibility index (Phi) is 5.85. The SMILES string of the molecule is CCCCNC(=O)COc1cccnc1Br.